The van der Waals surface area contributed by atoms with E-state index in [1.54, 1.807) is 6.92 Å². The second-order valence-electron chi connectivity index (χ2n) is 5.19. The van der Waals surface area contributed by atoms with E-state index in [0.29, 0.717) is 0 Å². The highest BCUT2D eigenvalue weighted by atomic mass is 16.6. The quantitative estimate of drug-likeness (QED) is 0.608. The number of aliphatic hydroxyl groups is 1. The van der Waals surface area contributed by atoms with Crippen molar-refractivity contribution in [3.8, 4) is 0 Å². The van der Waals surface area contributed by atoms with Crippen LogP contribution in [0.1, 0.15) is 19.8 Å². The maximum absolute atomic E-state index is 11.0. The Hall–Kier alpha value is -2.22. The number of non-ortho nitro benzene ring substituents is 1. The molecule has 0 bridgehead atoms. The fourth-order valence-corrected chi connectivity index (χ4v) is 2.19. The minimum Gasteiger partial charge on any atom is -0.394 e. The highest BCUT2D eigenvalue weighted by molar-refractivity contribution is 5.66. The van der Waals surface area contributed by atoms with Gasteiger partial charge in [-0.2, -0.15) is 0 Å². The Morgan fingerprint density at radius 1 is 1.35 bits per heavy atom. The molecule has 0 amide bonds. The summed E-state index contributed by atoms with van der Waals surface area (Å²) in [5.74, 6) is 0.252. The maximum Gasteiger partial charge on any atom is 0.299 e. The number of anilines is 1. The standard InChI is InChI=1S/C12H15N3O5/c1-12(7-16,8-2-3-8)13-10-5-4-9(14(17)18)6-11(10)15(19)20/h4-6,8,13,16H,2-3,7H2,1H3. The number of nitrogens with zero attached hydrogens (tertiary/aromatic N) is 2. The summed E-state index contributed by atoms with van der Waals surface area (Å²) in [7, 11) is 0. The normalized spacial score (nSPS) is 17.3. The summed E-state index contributed by atoms with van der Waals surface area (Å²) in [4.78, 5) is 20.4. The molecule has 1 aromatic carbocycles. The number of hydrogen-bond donors (Lipinski definition) is 2. The maximum atomic E-state index is 11.0. The third-order valence-corrected chi connectivity index (χ3v) is 3.62. The van der Waals surface area contributed by atoms with E-state index in [-0.39, 0.29) is 29.6 Å². The van der Waals surface area contributed by atoms with Gasteiger partial charge in [0, 0.05) is 6.07 Å². The first kappa shape index (κ1) is 14.2. The largest absolute Gasteiger partial charge is 0.394 e. The molecule has 108 valence electrons. The molecule has 0 aliphatic heterocycles. The first-order valence-electron chi connectivity index (χ1n) is 6.19. The van der Waals surface area contributed by atoms with E-state index in [1.807, 2.05) is 0 Å². The molecule has 1 aliphatic rings. The van der Waals surface area contributed by atoms with Crippen LogP contribution in [0, 0.1) is 26.1 Å². The molecule has 1 saturated carbocycles. The molecule has 8 nitrogen and oxygen atoms in total. The van der Waals surface area contributed by atoms with Gasteiger partial charge in [0.15, 0.2) is 0 Å². The van der Waals surface area contributed by atoms with Crippen LogP contribution in [0.3, 0.4) is 0 Å². The predicted molar refractivity (Wildman–Crippen MR) is 71.6 cm³/mol. The fraction of sp³-hybridized carbons (Fsp3) is 0.500. The molecule has 2 N–H and O–H groups in total. The number of nitrogens with one attached hydrogen (secondary N) is 1. The van der Waals surface area contributed by atoms with Crippen molar-refractivity contribution in [2.24, 2.45) is 5.92 Å². The van der Waals surface area contributed by atoms with Crippen molar-refractivity contribution in [1.29, 1.82) is 0 Å². The van der Waals surface area contributed by atoms with E-state index >= 15 is 0 Å². The van der Waals surface area contributed by atoms with Crippen molar-refractivity contribution in [2.45, 2.75) is 25.3 Å². The number of aliphatic hydroxyl groups excluding tert-OH is 1. The Balaban J connectivity index is 2.35. The smallest absolute Gasteiger partial charge is 0.299 e. The zero-order chi connectivity index (χ0) is 14.9. The Morgan fingerprint density at radius 2 is 2.00 bits per heavy atom. The van der Waals surface area contributed by atoms with Gasteiger partial charge in [0.2, 0.25) is 0 Å². The third-order valence-electron chi connectivity index (χ3n) is 3.62. The van der Waals surface area contributed by atoms with Crippen LogP contribution >= 0.6 is 0 Å². The summed E-state index contributed by atoms with van der Waals surface area (Å²) >= 11 is 0. The van der Waals surface area contributed by atoms with Crippen LogP contribution in [0.4, 0.5) is 17.1 Å². The lowest BCUT2D eigenvalue weighted by atomic mass is 9.96. The number of hydrogen-bond acceptors (Lipinski definition) is 6. The summed E-state index contributed by atoms with van der Waals surface area (Å²) in [6, 6.07) is 3.44. The van der Waals surface area contributed by atoms with E-state index in [1.165, 1.54) is 12.1 Å². The zero-order valence-corrected chi connectivity index (χ0v) is 10.9. The Morgan fingerprint density at radius 3 is 2.45 bits per heavy atom. The van der Waals surface area contributed by atoms with Gasteiger partial charge in [0.05, 0.1) is 28.1 Å². The molecular weight excluding hydrogens is 266 g/mol. The van der Waals surface area contributed by atoms with E-state index in [0.717, 1.165) is 18.9 Å². The van der Waals surface area contributed by atoms with E-state index in [2.05, 4.69) is 5.32 Å². The van der Waals surface area contributed by atoms with Crippen LogP contribution in [0.25, 0.3) is 0 Å². The van der Waals surface area contributed by atoms with Gasteiger partial charge < -0.3 is 10.4 Å². The number of nitro groups is 2. The number of benzene rings is 1. The van der Waals surface area contributed by atoms with E-state index < -0.39 is 15.4 Å². The van der Waals surface area contributed by atoms with Crippen LogP contribution in [-0.2, 0) is 0 Å². The summed E-state index contributed by atoms with van der Waals surface area (Å²) in [5, 5.41) is 34.2. The number of nitro benzene ring substituents is 2. The minimum absolute atomic E-state index is 0.161. The van der Waals surface area contributed by atoms with Crippen molar-refractivity contribution >= 4 is 17.1 Å². The van der Waals surface area contributed by atoms with Crippen LogP contribution in [0.5, 0.6) is 0 Å². The highest BCUT2D eigenvalue weighted by Gasteiger charge is 2.42. The monoisotopic (exact) mass is 281 g/mol. The summed E-state index contributed by atoms with van der Waals surface area (Å²) in [5.41, 5.74) is -1.16. The van der Waals surface area contributed by atoms with Crippen molar-refractivity contribution in [3.63, 3.8) is 0 Å². The van der Waals surface area contributed by atoms with E-state index in [4.69, 9.17) is 0 Å². The van der Waals surface area contributed by atoms with Gasteiger partial charge in [0.25, 0.3) is 11.4 Å². The minimum atomic E-state index is -0.678. The van der Waals surface area contributed by atoms with Gasteiger partial charge in [-0.25, -0.2) is 0 Å². The van der Waals surface area contributed by atoms with Crippen molar-refractivity contribution < 1.29 is 15.0 Å². The average molecular weight is 281 g/mol. The molecule has 8 heteroatoms. The SMILES string of the molecule is CC(CO)(Nc1ccc([N+](=O)[O-])cc1[N+](=O)[O-])C1CC1. The Kier molecular flexibility index (Phi) is 3.58. The molecule has 1 aliphatic carbocycles. The molecule has 0 saturated heterocycles. The first-order chi connectivity index (χ1) is 9.37. The second-order valence-corrected chi connectivity index (χ2v) is 5.19. The van der Waals surface area contributed by atoms with Crippen LogP contribution in [0.2, 0.25) is 0 Å². The second kappa shape index (κ2) is 5.04. The van der Waals surface area contributed by atoms with Crippen molar-refractivity contribution in [1.82, 2.24) is 0 Å². The van der Waals surface area contributed by atoms with Crippen LogP contribution in [-0.4, -0.2) is 27.1 Å². The molecule has 0 spiro atoms. The summed E-state index contributed by atoms with van der Waals surface area (Å²) in [6.07, 6.45) is 1.90. The third kappa shape index (κ3) is 2.69. The lowest BCUT2D eigenvalue weighted by Crippen LogP contribution is -2.41. The zero-order valence-electron chi connectivity index (χ0n) is 10.9. The molecule has 0 aromatic heterocycles. The van der Waals surface area contributed by atoms with Gasteiger partial charge in [-0.15, -0.1) is 0 Å². The van der Waals surface area contributed by atoms with Gasteiger partial charge in [-0.05, 0) is 31.7 Å². The molecule has 1 fully saturated rings. The average Bonchev–Trinajstić information content (AvgIpc) is 3.23. The molecule has 20 heavy (non-hydrogen) atoms. The number of rotatable bonds is 6. The topological polar surface area (TPSA) is 119 Å². The lowest BCUT2D eigenvalue weighted by Gasteiger charge is -2.29. The van der Waals surface area contributed by atoms with Gasteiger partial charge in [-0.3, -0.25) is 20.2 Å². The molecule has 0 heterocycles. The molecule has 0 radical (unpaired) electrons. The van der Waals surface area contributed by atoms with Gasteiger partial charge in [-0.1, -0.05) is 0 Å². The lowest BCUT2D eigenvalue weighted by molar-refractivity contribution is -0.393. The molecular formula is C12H15N3O5. The van der Waals surface area contributed by atoms with Crippen molar-refractivity contribution in [2.75, 3.05) is 11.9 Å². The van der Waals surface area contributed by atoms with Crippen molar-refractivity contribution in [3.05, 3.63) is 38.4 Å². The van der Waals surface area contributed by atoms with Gasteiger partial charge in [0.1, 0.15) is 5.69 Å². The molecule has 1 unspecified atom stereocenters. The Labute approximate surface area is 114 Å². The summed E-state index contributed by atoms with van der Waals surface area (Å²) in [6.45, 7) is 1.63. The van der Waals surface area contributed by atoms with Gasteiger partial charge >= 0.3 is 0 Å². The Bertz CT molecular complexity index is 558. The summed E-state index contributed by atoms with van der Waals surface area (Å²) < 4.78 is 0. The van der Waals surface area contributed by atoms with Crippen LogP contribution in [0.15, 0.2) is 18.2 Å². The molecule has 1 atom stereocenters. The predicted octanol–water partition coefficient (Wildman–Crippen LogP) is 2.08. The highest BCUT2D eigenvalue weighted by Crippen LogP contribution is 2.42. The van der Waals surface area contributed by atoms with Crippen LogP contribution < -0.4 is 5.32 Å². The fourth-order valence-electron chi connectivity index (χ4n) is 2.19. The first-order valence-corrected chi connectivity index (χ1v) is 6.19. The molecule has 2 rings (SSSR count). The van der Waals surface area contributed by atoms with E-state index in [9.17, 15) is 25.3 Å². The molecule has 1 aromatic rings.